The smallest absolute Gasteiger partial charge is 0.306 e. The molecule has 0 spiro atoms. The highest BCUT2D eigenvalue weighted by atomic mass is 16.6. The van der Waals surface area contributed by atoms with Crippen LogP contribution < -0.4 is 0 Å². The van der Waals surface area contributed by atoms with Gasteiger partial charge in [0, 0.05) is 19.3 Å². The molecule has 1 atom stereocenters. The highest BCUT2D eigenvalue weighted by Gasteiger charge is 2.19. The van der Waals surface area contributed by atoms with Crippen LogP contribution in [0.25, 0.3) is 0 Å². The maximum Gasteiger partial charge on any atom is 0.306 e. The summed E-state index contributed by atoms with van der Waals surface area (Å²) in [5, 5.41) is 0. The van der Waals surface area contributed by atoms with Crippen molar-refractivity contribution < 1.29 is 28.6 Å². The Morgan fingerprint density at radius 3 is 0.884 bits per heavy atom. The first-order chi connectivity index (χ1) is 34.0. The Labute approximate surface area is 427 Å². The molecule has 0 saturated carbocycles. The van der Waals surface area contributed by atoms with Crippen molar-refractivity contribution in [1.82, 2.24) is 0 Å². The highest BCUT2D eigenvalue weighted by Crippen LogP contribution is 2.16. The van der Waals surface area contributed by atoms with Crippen LogP contribution in [0.5, 0.6) is 0 Å². The second-order valence-electron chi connectivity index (χ2n) is 19.6. The molecule has 0 unspecified atom stereocenters. The van der Waals surface area contributed by atoms with E-state index in [4.69, 9.17) is 14.2 Å². The van der Waals surface area contributed by atoms with Crippen LogP contribution in [0.2, 0.25) is 0 Å². The molecule has 69 heavy (non-hydrogen) atoms. The van der Waals surface area contributed by atoms with Crippen LogP contribution in [-0.4, -0.2) is 37.2 Å². The first-order valence-electron chi connectivity index (χ1n) is 29.4. The van der Waals surface area contributed by atoms with Crippen LogP contribution in [0.3, 0.4) is 0 Å². The number of carbonyl (C=O) groups is 3. The summed E-state index contributed by atoms with van der Waals surface area (Å²) in [6, 6.07) is 0. The molecule has 0 heterocycles. The molecule has 0 amide bonds. The van der Waals surface area contributed by atoms with Gasteiger partial charge in [-0.25, -0.2) is 0 Å². The van der Waals surface area contributed by atoms with Gasteiger partial charge in [0.1, 0.15) is 13.2 Å². The molecule has 6 heteroatoms. The van der Waals surface area contributed by atoms with Crippen molar-refractivity contribution in [3.8, 4) is 0 Å². The Hall–Kier alpha value is -3.15. The van der Waals surface area contributed by atoms with Gasteiger partial charge in [0.15, 0.2) is 6.10 Å². The lowest BCUT2D eigenvalue weighted by Gasteiger charge is -2.18. The first kappa shape index (κ1) is 65.8. The van der Waals surface area contributed by atoms with Crippen molar-refractivity contribution in [3.63, 3.8) is 0 Å². The summed E-state index contributed by atoms with van der Waals surface area (Å²) in [7, 11) is 0. The molecule has 0 radical (unpaired) electrons. The van der Waals surface area contributed by atoms with E-state index >= 15 is 0 Å². The Kier molecular flexibility index (Phi) is 54.8. The molecular weight excluding hydrogens is 853 g/mol. The van der Waals surface area contributed by atoms with Crippen LogP contribution in [0.1, 0.15) is 290 Å². The summed E-state index contributed by atoms with van der Waals surface area (Å²) in [6.07, 6.45) is 73.2. The van der Waals surface area contributed by atoms with Gasteiger partial charge in [0.2, 0.25) is 0 Å². The van der Waals surface area contributed by atoms with Crippen LogP contribution in [0.4, 0.5) is 0 Å². The lowest BCUT2D eigenvalue weighted by molar-refractivity contribution is -0.167. The van der Waals surface area contributed by atoms with Gasteiger partial charge in [0.05, 0.1) is 0 Å². The van der Waals surface area contributed by atoms with E-state index in [0.29, 0.717) is 19.3 Å². The van der Waals surface area contributed by atoms with Gasteiger partial charge in [0.25, 0.3) is 0 Å². The van der Waals surface area contributed by atoms with Crippen molar-refractivity contribution in [3.05, 3.63) is 72.9 Å². The molecule has 0 aliphatic rings. The SMILES string of the molecule is CCCCC/C=C\C/C=C\C/C=C\C/C=C\CCCC(=O)O[C@H](COC(=O)CCCCCCCCCCC/C=C\C/C=C\CCCCC)COC(=O)CCCCCCCCCCCCCCCCC. The average Bonchev–Trinajstić information content (AvgIpc) is 3.35. The van der Waals surface area contributed by atoms with Crippen molar-refractivity contribution in [2.75, 3.05) is 13.2 Å². The molecule has 398 valence electrons. The summed E-state index contributed by atoms with van der Waals surface area (Å²) in [4.78, 5) is 38.2. The first-order valence-corrected chi connectivity index (χ1v) is 29.4. The Morgan fingerprint density at radius 2 is 0.536 bits per heavy atom. The quantitative estimate of drug-likeness (QED) is 0.0262. The topological polar surface area (TPSA) is 78.9 Å². The number of rotatable bonds is 53. The fraction of sp³-hybridized carbons (Fsp3) is 0.762. The molecule has 0 aromatic heterocycles. The van der Waals surface area contributed by atoms with Gasteiger partial charge >= 0.3 is 17.9 Å². The lowest BCUT2D eigenvalue weighted by atomic mass is 10.0. The zero-order chi connectivity index (χ0) is 50.0. The number of hydrogen-bond acceptors (Lipinski definition) is 6. The molecule has 0 N–H and O–H groups in total. The third-order valence-electron chi connectivity index (χ3n) is 12.7. The molecule has 0 aliphatic carbocycles. The minimum Gasteiger partial charge on any atom is -0.462 e. The number of esters is 3. The molecule has 0 fully saturated rings. The molecule has 0 bridgehead atoms. The van der Waals surface area contributed by atoms with Crippen LogP contribution in [0.15, 0.2) is 72.9 Å². The van der Waals surface area contributed by atoms with Gasteiger partial charge in [-0.3, -0.25) is 14.4 Å². The normalized spacial score (nSPS) is 12.6. The maximum absolute atomic E-state index is 12.8. The van der Waals surface area contributed by atoms with E-state index in [2.05, 4.69) is 93.7 Å². The molecule has 0 aromatic carbocycles. The van der Waals surface area contributed by atoms with E-state index in [1.165, 1.54) is 173 Å². The fourth-order valence-electron chi connectivity index (χ4n) is 8.23. The zero-order valence-electron chi connectivity index (χ0n) is 45.6. The van der Waals surface area contributed by atoms with Gasteiger partial charge in [-0.2, -0.15) is 0 Å². The van der Waals surface area contributed by atoms with Crippen molar-refractivity contribution in [2.45, 2.75) is 297 Å². The Bertz CT molecular complexity index is 1290. The van der Waals surface area contributed by atoms with Gasteiger partial charge in [-0.15, -0.1) is 0 Å². The van der Waals surface area contributed by atoms with E-state index in [1.807, 2.05) is 0 Å². The van der Waals surface area contributed by atoms with E-state index in [0.717, 1.165) is 70.6 Å². The third kappa shape index (κ3) is 55.6. The van der Waals surface area contributed by atoms with Gasteiger partial charge < -0.3 is 14.2 Å². The minimum atomic E-state index is -0.804. The van der Waals surface area contributed by atoms with Crippen LogP contribution in [0, 0.1) is 0 Å². The summed E-state index contributed by atoms with van der Waals surface area (Å²) in [5.74, 6) is -0.946. The molecule has 0 aliphatic heterocycles. The van der Waals surface area contributed by atoms with Crippen LogP contribution in [-0.2, 0) is 28.6 Å². The fourth-order valence-corrected chi connectivity index (χ4v) is 8.23. The molecule has 6 nitrogen and oxygen atoms in total. The summed E-state index contributed by atoms with van der Waals surface area (Å²) in [6.45, 7) is 6.56. The van der Waals surface area contributed by atoms with Crippen molar-refractivity contribution >= 4 is 17.9 Å². The third-order valence-corrected chi connectivity index (χ3v) is 12.7. The summed E-state index contributed by atoms with van der Waals surface area (Å²) >= 11 is 0. The Morgan fingerprint density at radius 1 is 0.290 bits per heavy atom. The predicted molar refractivity (Wildman–Crippen MR) is 298 cm³/mol. The van der Waals surface area contributed by atoms with Crippen molar-refractivity contribution in [1.29, 1.82) is 0 Å². The van der Waals surface area contributed by atoms with Gasteiger partial charge in [-0.05, 0) is 89.9 Å². The Balaban J connectivity index is 4.44. The predicted octanol–water partition coefficient (Wildman–Crippen LogP) is 19.8. The summed E-state index contributed by atoms with van der Waals surface area (Å²) in [5.41, 5.74) is 0. The van der Waals surface area contributed by atoms with E-state index < -0.39 is 6.10 Å². The second kappa shape index (κ2) is 57.4. The average molecular weight is 964 g/mol. The van der Waals surface area contributed by atoms with Crippen molar-refractivity contribution in [2.24, 2.45) is 0 Å². The molecule has 0 aromatic rings. The summed E-state index contributed by atoms with van der Waals surface area (Å²) < 4.78 is 16.8. The molecule has 0 saturated heterocycles. The second-order valence-corrected chi connectivity index (χ2v) is 19.6. The number of ether oxygens (including phenoxy) is 3. The molecular formula is C63H110O6. The number of carbonyl (C=O) groups excluding carboxylic acids is 3. The number of hydrogen-bond donors (Lipinski definition) is 0. The van der Waals surface area contributed by atoms with Gasteiger partial charge in [-0.1, -0.05) is 254 Å². The lowest BCUT2D eigenvalue weighted by Crippen LogP contribution is -2.30. The monoisotopic (exact) mass is 963 g/mol. The number of unbranched alkanes of at least 4 members (excludes halogenated alkanes) is 30. The zero-order valence-corrected chi connectivity index (χ0v) is 45.6. The molecule has 0 rings (SSSR count). The van der Waals surface area contributed by atoms with E-state index in [1.54, 1.807) is 0 Å². The van der Waals surface area contributed by atoms with Crippen LogP contribution >= 0.6 is 0 Å². The number of allylic oxidation sites excluding steroid dienone is 12. The minimum absolute atomic E-state index is 0.0959. The van der Waals surface area contributed by atoms with E-state index in [-0.39, 0.29) is 37.5 Å². The highest BCUT2D eigenvalue weighted by molar-refractivity contribution is 5.71. The standard InChI is InChI=1S/C63H110O6/c1-4-7-10-13-16-19-22-25-28-30-31-33-35-38-41-44-47-50-53-56-62(65)68-59-60(58-67-61(64)55-52-49-46-43-40-37-34-27-24-21-18-15-12-9-6-3)69-63(66)57-54-51-48-45-42-39-36-32-29-26-23-20-17-14-11-8-5-2/h16-17,19-20,25-26,28-29,36,39,45,48,60H,4-15,18,21-24,27,30-35,37-38,40-44,46-47,49-59H2,1-3H3/b19-16-,20-17-,28-25-,29-26-,39-36-,48-45-/t60-/m0/s1. The van der Waals surface area contributed by atoms with E-state index in [9.17, 15) is 14.4 Å². The largest absolute Gasteiger partial charge is 0.462 e. The maximum atomic E-state index is 12.8.